The normalized spacial score (nSPS) is 15.3. The van der Waals surface area contributed by atoms with Gasteiger partial charge in [-0.05, 0) is 43.0 Å². The fourth-order valence-electron chi connectivity index (χ4n) is 4.48. The van der Waals surface area contributed by atoms with E-state index in [0.717, 1.165) is 24.2 Å². The van der Waals surface area contributed by atoms with Gasteiger partial charge in [0, 0.05) is 37.3 Å². The Kier molecular flexibility index (Phi) is 6.29. The van der Waals surface area contributed by atoms with Gasteiger partial charge in [0.05, 0.1) is 24.5 Å². The molecule has 0 radical (unpaired) electrons. The van der Waals surface area contributed by atoms with E-state index in [4.69, 9.17) is 13.9 Å². The van der Waals surface area contributed by atoms with Gasteiger partial charge in [0.25, 0.3) is 0 Å². The lowest BCUT2D eigenvalue weighted by molar-refractivity contribution is -0.121. The summed E-state index contributed by atoms with van der Waals surface area (Å²) in [5, 5.41) is 23.1. The van der Waals surface area contributed by atoms with Crippen molar-refractivity contribution in [1.82, 2.24) is 5.32 Å². The molecule has 8 nitrogen and oxygen atoms in total. The van der Waals surface area contributed by atoms with Gasteiger partial charge in [0.2, 0.25) is 5.91 Å². The number of methoxy groups -OCH3 is 1. The van der Waals surface area contributed by atoms with Crippen molar-refractivity contribution in [1.29, 1.82) is 0 Å². The van der Waals surface area contributed by atoms with Gasteiger partial charge in [0.1, 0.15) is 22.8 Å². The Bertz CT molecular complexity index is 1220. The van der Waals surface area contributed by atoms with Crippen LogP contribution in [0.15, 0.2) is 45.6 Å². The molecule has 0 aliphatic carbocycles. The highest BCUT2D eigenvalue weighted by Crippen LogP contribution is 2.35. The number of amides is 1. The maximum atomic E-state index is 12.9. The summed E-state index contributed by atoms with van der Waals surface area (Å²) in [5.74, 6) is 0.0179. The van der Waals surface area contributed by atoms with E-state index in [9.17, 15) is 19.8 Å². The summed E-state index contributed by atoms with van der Waals surface area (Å²) in [6, 6.07) is 10.3. The number of fused-ring (bicyclic) bond motifs is 1. The summed E-state index contributed by atoms with van der Waals surface area (Å²) < 4.78 is 16.1. The molecule has 2 aromatic carbocycles. The monoisotopic (exact) mass is 453 g/mol. The lowest BCUT2D eigenvalue weighted by atomic mass is 9.74. The molecule has 0 atom stereocenters. The predicted octanol–water partition coefficient (Wildman–Crippen LogP) is 2.93. The minimum absolute atomic E-state index is 0.0693. The van der Waals surface area contributed by atoms with Gasteiger partial charge < -0.3 is 29.4 Å². The predicted molar refractivity (Wildman–Crippen MR) is 122 cm³/mol. The Morgan fingerprint density at radius 3 is 2.52 bits per heavy atom. The Morgan fingerprint density at radius 1 is 1.15 bits per heavy atom. The molecular formula is C25H27NO7. The molecule has 2 heterocycles. The number of hydrogen-bond acceptors (Lipinski definition) is 7. The Hall–Kier alpha value is -3.52. The SMILES string of the molecule is COc1ccc(C2(CNC(=O)Cc3c(C)c4c(O)cc(O)cc4oc3=O)CCOCC2)cc1. The van der Waals surface area contributed by atoms with Gasteiger partial charge >= 0.3 is 5.63 Å². The van der Waals surface area contributed by atoms with Crippen molar-refractivity contribution in [3.05, 3.63) is 63.5 Å². The van der Waals surface area contributed by atoms with Crippen molar-refractivity contribution in [2.24, 2.45) is 0 Å². The molecule has 8 heteroatoms. The zero-order valence-electron chi connectivity index (χ0n) is 18.6. The largest absolute Gasteiger partial charge is 0.508 e. The molecule has 1 aromatic heterocycles. The van der Waals surface area contributed by atoms with Crippen molar-refractivity contribution in [3.8, 4) is 17.2 Å². The summed E-state index contributed by atoms with van der Waals surface area (Å²) in [6.07, 6.45) is 1.34. The molecule has 0 saturated carbocycles. The molecule has 0 unspecified atom stereocenters. The number of phenols is 2. The lowest BCUT2D eigenvalue weighted by Crippen LogP contribution is -2.45. The summed E-state index contributed by atoms with van der Waals surface area (Å²) in [5.41, 5.74) is 0.837. The second-order valence-corrected chi connectivity index (χ2v) is 8.41. The molecule has 1 aliphatic rings. The van der Waals surface area contributed by atoms with Crippen molar-refractivity contribution in [2.45, 2.75) is 31.6 Å². The second-order valence-electron chi connectivity index (χ2n) is 8.41. The van der Waals surface area contributed by atoms with Crippen molar-refractivity contribution in [2.75, 3.05) is 26.9 Å². The van der Waals surface area contributed by atoms with Crippen LogP contribution in [0.2, 0.25) is 0 Å². The third-order valence-electron chi connectivity index (χ3n) is 6.46. The van der Waals surface area contributed by atoms with E-state index in [1.807, 2.05) is 24.3 Å². The average Bonchev–Trinajstić information content (AvgIpc) is 2.80. The van der Waals surface area contributed by atoms with E-state index in [1.54, 1.807) is 14.0 Å². The first-order valence-corrected chi connectivity index (χ1v) is 10.8. The molecule has 1 fully saturated rings. The highest BCUT2D eigenvalue weighted by Gasteiger charge is 2.35. The lowest BCUT2D eigenvalue weighted by Gasteiger charge is -2.38. The molecule has 1 aliphatic heterocycles. The number of aryl methyl sites for hydroxylation is 1. The second kappa shape index (κ2) is 9.15. The number of carbonyl (C=O) groups is 1. The maximum absolute atomic E-state index is 12.9. The van der Waals surface area contributed by atoms with Crippen LogP contribution in [0.5, 0.6) is 17.2 Å². The minimum atomic E-state index is -0.670. The molecular weight excluding hydrogens is 426 g/mol. The van der Waals surface area contributed by atoms with Crippen LogP contribution in [-0.2, 0) is 21.4 Å². The molecule has 3 N–H and O–H groups in total. The van der Waals surface area contributed by atoms with E-state index in [0.29, 0.717) is 30.7 Å². The Balaban J connectivity index is 1.55. The molecule has 4 rings (SSSR count). The molecule has 1 amide bonds. The maximum Gasteiger partial charge on any atom is 0.340 e. The zero-order chi connectivity index (χ0) is 23.6. The topological polar surface area (TPSA) is 118 Å². The third-order valence-corrected chi connectivity index (χ3v) is 6.46. The number of benzene rings is 2. The number of rotatable bonds is 6. The molecule has 3 aromatic rings. The van der Waals surface area contributed by atoms with Crippen LogP contribution in [-0.4, -0.2) is 43.0 Å². The van der Waals surface area contributed by atoms with E-state index < -0.39 is 5.63 Å². The van der Waals surface area contributed by atoms with E-state index in [2.05, 4.69) is 5.32 Å². The first-order chi connectivity index (χ1) is 15.8. The summed E-state index contributed by atoms with van der Waals surface area (Å²) >= 11 is 0. The van der Waals surface area contributed by atoms with Crippen molar-refractivity contribution in [3.63, 3.8) is 0 Å². The quantitative estimate of drug-likeness (QED) is 0.491. The summed E-state index contributed by atoms with van der Waals surface area (Å²) in [4.78, 5) is 25.4. The van der Waals surface area contributed by atoms with Crippen LogP contribution < -0.4 is 15.7 Å². The number of ether oxygens (including phenoxy) is 2. The number of carbonyl (C=O) groups excluding carboxylic acids is 1. The Labute approximate surface area is 190 Å². The molecule has 33 heavy (non-hydrogen) atoms. The van der Waals surface area contributed by atoms with Crippen LogP contribution >= 0.6 is 0 Å². The van der Waals surface area contributed by atoms with E-state index in [-0.39, 0.29) is 40.4 Å². The highest BCUT2D eigenvalue weighted by molar-refractivity contribution is 5.90. The van der Waals surface area contributed by atoms with Crippen LogP contribution in [0.3, 0.4) is 0 Å². The minimum Gasteiger partial charge on any atom is -0.508 e. The Morgan fingerprint density at radius 2 is 1.85 bits per heavy atom. The van der Waals surface area contributed by atoms with Gasteiger partial charge in [-0.1, -0.05) is 12.1 Å². The number of phenolic OH excluding ortho intramolecular Hbond substituents is 2. The van der Waals surface area contributed by atoms with Gasteiger partial charge in [-0.2, -0.15) is 0 Å². The molecule has 174 valence electrons. The molecule has 0 bridgehead atoms. The fraction of sp³-hybridized carbons (Fsp3) is 0.360. The first-order valence-electron chi connectivity index (χ1n) is 10.8. The smallest absolute Gasteiger partial charge is 0.340 e. The van der Waals surface area contributed by atoms with Crippen molar-refractivity contribution < 1.29 is 28.9 Å². The molecule has 1 saturated heterocycles. The van der Waals surface area contributed by atoms with Crippen LogP contribution in [0.25, 0.3) is 11.0 Å². The van der Waals surface area contributed by atoms with Gasteiger partial charge in [-0.3, -0.25) is 4.79 Å². The standard InChI is InChI=1S/C25H27NO7/c1-15-19(24(30)33-21-12-17(27)11-20(28)23(15)21)13-22(29)26-14-25(7-9-32-10-8-25)16-3-5-18(31-2)6-4-16/h3-6,11-12,27-28H,7-10,13-14H2,1-2H3,(H,26,29). The van der Waals surface area contributed by atoms with Crippen LogP contribution in [0.1, 0.15) is 29.5 Å². The van der Waals surface area contributed by atoms with Gasteiger partial charge in [0.15, 0.2) is 0 Å². The first kappa shape index (κ1) is 22.7. The van der Waals surface area contributed by atoms with E-state index >= 15 is 0 Å². The van der Waals surface area contributed by atoms with Crippen molar-refractivity contribution >= 4 is 16.9 Å². The summed E-state index contributed by atoms with van der Waals surface area (Å²) in [6.45, 7) is 3.25. The van der Waals surface area contributed by atoms with Gasteiger partial charge in [-0.25, -0.2) is 4.79 Å². The fourth-order valence-corrected chi connectivity index (χ4v) is 4.48. The number of aromatic hydroxyl groups is 2. The zero-order valence-corrected chi connectivity index (χ0v) is 18.6. The van der Waals surface area contributed by atoms with Crippen LogP contribution in [0, 0.1) is 6.92 Å². The third kappa shape index (κ3) is 4.52. The van der Waals surface area contributed by atoms with Crippen LogP contribution in [0.4, 0.5) is 0 Å². The molecule has 0 spiro atoms. The highest BCUT2D eigenvalue weighted by atomic mass is 16.5. The van der Waals surface area contributed by atoms with Gasteiger partial charge in [-0.15, -0.1) is 0 Å². The number of nitrogens with one attached hydrogen (secondary N) is 1. The number of hydrogen-bond donors (Lipinski definition) is 3. The average molecular weight is 453 g/mol. The summed E-state index contributed by atoms with van der Waals surface area (Å²) in [7, 11) is 1.62. The van der Waals surface area contributed by atoms with E-state index in [1.165, 1.54) is 12.1 Å².